The van der Waals surface area contributed by atoms with E-state index in [1.165, 1.54) is 37.8 Å². The summed E-state index contributed by atoms with van der Waals surface area (Å²) < 4.78 is 0. The van der Waals surface area contributed by atoms with Crippen molar-refractivity contribution in [2.45, 2.75) is 63.1 Å². The first-order valence-corrected chi connectivity index (χ1v) is 12.5. The summed E-state index contributed by atoms with van der Waals surface area (Å²) in [6.07, 6.45) is 9.67. The number of hydrogen-bond acceptors (Lipinski definition) is 4. The highest BCUT2D eigenvalue weighted by Gasteiger charge is 2.48. The van der Waals surface area contributed by atoms with Crippen LogP contribution in [-0.2, 0) is 9.59 Å². The van der Waals surface area contributed by atoms with Gasteiger partial charge in [-0.05, 0) is 62.6 Å². The zero-order valence-electron chi connectivity index (χ0n) is 19.0. The summed E-state index contributed by atoms with van der Waals surface area (Å²) in [4.78, 5) is 44.9. The number of para-hydroxylation sites is 1. The molecule has 7 heteroatoms. The number of urea groups is 1. The molecule has 33 heavy (non-hydrogen) atoms. The maximum Gasteiger partial charge on any atom is 0.329 e. The molecule has 5 aliphatic rings. The minimum atomic E-state index is -0.797. The molecule has 4 heterocycles. The van der Waals surface area contributed by atoms with Crippen LogP contribution in [0.5, 0.6) is 0 Å². The molecule has 5 atom stereocenters. The molecule has 0 radical (unpaired) electrons. The van der Waals surface area contributed by atoms with Crippen LogP contribution in [0.3, 0.4) is 0 Å². The lowest BCUT2D eigenvalue weighted by Crippen LogP contribution is -2.60. The number of rotatable bonds is 3. The summed E-state index contributed by atoms with van der Waals surface area (Å²) in [6, 6.07) is 8.49. The van der Waals surface area contributed by atoms with E-state index in [4.69, 9.17) is 0 Å². The average molecular weight is 449 g/mol. The van der Waals surface area contributed by atoms with Gasteiger partial charge in [0.2, 0.25) is 5.91 Å². The first kappa shape index (κ1) is 20.9. The Bertz CT molecular complexity index is 993. The molecule has 0 saturated carbocycles. The van der Waals surface area contributed by atoms with Crippen LogP contribution in [0.15, 0.2) is 42.0 Å². The van der Waals surface area contributed by atoms with Crippen molar-refractivity contribution in [2.75, 3.05) is 24.5 Å². The molecule has 3 unspecified atom stereocenters. The lowest BCUT2D eigenvalue weighted by atomic mass is 9.68. The smallest absolute Gasteiger partial charge is 0.329 e. The number of nitrogens with one attached hydrogen (secondary N) is 1. The fourth-order valence-electron chi connectivity index (χ4n) is 7.04. The van der Waals surface area contributed by atoms with E-state index in [2.05, 4.69) is 16.3 Å². The van der Waals surface area contributed by atoms with Crippen molar-refractivity contribution in [2.24, 2.45) is 11.8 Å². The molecule has 1 aromatic carbocycles. The van der Waals surface area contributed by atoms with E-state index in [1.807, 2.05) is 11.0 Å². The number of carbonyl (C=O) groups excluding carboxylic acids is 3. The van der Waals surface area contributed by atoms with E-state index in [0.717, 1.165) is 30.8 Å². The third kappa shape index (κ3) is 3.57. The van der Waals surface area contributed by atoms with Gasteiger partial charge in [-0.1, -0.05) is 36.3 Å². The number of piperidine rings is 3. The Morgan fingerprint density at radius 1 is 1.06 bits per heavy atom. The Hall–Kier alpha value is -2.67. The molecule has 1 aromatic rings. The third-order valence-electron chi connectivity index (χ3n) is 8.39. The largest absolute Gasteiger partial charge is 0.336 e. The summed E-state index contributed by atoms with van der Waals surface area (Å²) >= 11 is 0. The maximum absolute atomic E-state index is 13.5. The highest BCUT2D eigenvalue weighted by atomic mass is 16.2. The van der Waals surface area contributed by atoms with Gasteiger partial charge in [0, 0.05) is 19.1 Å². The van der Waals surface area contributed by atoms with Gasteiger partial charge in [-0.25, -0.2) is 9.69 Å². The number of nitrogens with zero attached hydrogens (tertiary/aromatic N) is 3. The molecule has 7 nitrogen and oxygen atoms in total. The fourth-order valence-corrected chi connectivity index (χ4v) is 7.04. The van der Waals surface area contributed by atoms with Gasteiger partial charge in [0.05, 0.1) is 18.2 Å². The second kappa shape index (κ2) is 8.28. The molecule has 1 aliphatic carbocycles. The number of fused-ring (bicyclic) bond motifs is 6. The number of anilines is 1. The zero-order chi connectivity index (χ0) is 22.5. The van der Waals surface area contributed by atoms with Crippen LogP contribution < -0.4 is 10.2 Å². The lowest BCUT2D eigenvalue weighted by molar-refractivity contribution is -0.138. The van der Waals surface area contributed by atoms with Crippen LogP contribution in [0.25, 0.3) is 0 Å². The van der Waals surface area contributed by atoms with Gasteiger partial charge < -0.3 is 10.2 Å². The van der Waals surface area contributed by atoms with Gasteiger partial charge in [-0.2, -0.15) is 0 Å². The summed E-state index contributed by atoms with van der Waals surface area (Å²) in [6.45, 7) is 3.00. The topological polar surface area (TPSA) is 73.0 Å². The molecule has 4 fully saturated rings. The van der Waals surface area contributed by atoms with Crippen LogP contribution in [0.4, 0.5) is 10.5 Å². The standard InChI is InChI=1S/C26H32N4O3/c31-23(15-21-25(32)30(26(33)27-21)20-8-2-1-3-9-20)29-12-6-7-17-13-18-14-19(24(17)29)16-28-11-5-4-10-22(18)28/h1-3,8-9,13,18-19,21-22,24H,4-7,10-12,14-16H2,(H,27,33)/t18?,19?,21?,22-,24-/m1/s1. The molecule has 2 bridgehead atoms. The minimum absolute atomic E-state index is 0.0154. The van der Waals surface area contributed by atoms with Gasteiger partial charge in [0.15, 0.2) is 0 Å². The quantitative estimate of drug-likeness (QED) is 0.570. The Morgan fingerprint density at radius 3 is 2.76 bits per heavy atom. The first-order chi connectivity index (χ1) is 16.1. The minimum Gasteiger partial charge on any atom is -0.336 e. The maximum atomic E-state index is 13.5. The van der Waals surface area contributed by atoms with Crippen LogP contribution in [0, 0.1) is 11.8 Å². The number of carbonyl (C=O) groups is 3. The number of likely N-dealkylation sites (tertiary alicyclic amines) is 1. The highest BCUT2D eigenvalue weighted by molar-refractivity contribution is 6.22. The van der Waals surface area contributed by atoms with Crippen LogP contribution in [0.2, 0.25) is 0 Å². The van der Waals surface area contributed by atoms with Gasteiger partial charge >= 0.3 is 6.03 Å². The van der Waals surface area contributed by atoms with E-state index in [-0.39, 0.29) is 24.3 Å². The Kier molecular flexibility index (Phi) is 5.24. The van der Waals surface area contributed by atoms with E-state index < -0.39 is 12.1 Å². The van der Waals surface area contributed by atoms with Crippen molar-refractivity contribution < 1.29 is 14.4 Å². The third-order valence-corrected chi connectivity index (χ3v) is 8.39. The molecule has 4 aliphatic heterocycles. The summed E-state index contributed by atoms with van der Waals surface area (Å²) in [5, 5.41) is 2.74. The van der Waals surface area contributed by atoms with Crippen molar-refractivity contribution in [3.63, 3.8) is 0 Å². The van der Waals surface area contributed by atoms with Crippen molar-refractivity contribution >= 4 is 23.5 Å². The Labute approximate surface area is 194 Å². The van der Waals surface area contributed by atoms with Crippen LogP contribution in [-0.4, -0.2) is 65.4 Å². The highest BCUT2D eigenvalue weighted by Crippen LogP contribution is 2.45. The van der Waals surface area contributed by atoms with Crippen molar-refractivity contribution in [1.82, 2.24) is 15.1 Å². The van der Waals surface area contributed by atoms with Gasteiger partial charge in [-0.15, -0.1) is 0 Å². The fraction of sp³-hybridized carbons (Fsp3) is 0.577. The van der Waals surface area contributed by atoms with Gasteiger partial charge in [-0.3, -0.25) is 14.5 Å². The first-order valence-electron chi connectivity index (χ1n) is 12.5. The lowest BCUT2D eigenvalue weighted by Gasteiger charge is -2.54. The van der Waals surface area contributed by atoms with Crippen molar-refractivity contribution in [1.29, 1.82) is 0 Å². The van der Waals surface area contributed by atoms with E-state index in [1.54, 1.807) is 24.3 Å². The van der Waals surface area contributed by atoms with Crippen molar-refractivity contribution in [3.05, 3.63) is 42.0 Å². The second-order valence-corrected chi connectivity index (χ2v) is 10.3. The normalized spacial score (nSPS) is 33.8. The predicted octanol–water partition coefficient (Wildman–Crippen LogP) is 2.92. The van der Waals surface area contributed by atoms with Crippen LogP contribution >= 0.6 is 0 Å². The molecule has 0 spiro atoms. The molecular formula is C26H32N4O3. The second-order valence-electron chi connectivity index (χ2n) is 10.3. The molecule has 4 saturated heterocycles. The number of benzene rings is 1. The number of imide groups is 1. The van der Waals surface area contributed by atoms with Gasteiger partial charge in [0.25, 0.3) is 5.91 Å². The van der Waals surface area contributed by atoms with E-state index >= 15 is 0 Å². The molecular weight excluding hydrogens is 416 g/mol. The number of amides is 4. The molecule has 0 aromatic heterocycles. The van der Waals surface area contributed by atoms with Crippen LogP contribution in [0.1, 0.15) is 44.9 Å². The average Bonchev–Trinajstić information content (AvgIpc) is 3.11. The van der Waals surface area contributed by atoms with E-state index in [0.29, 0.717) is 23.6 Å². The molecule has 174 valence electrons. The Balaban J connectivity index is 1.19. The zero-order valence-corrected chi connectivity index (χ0v) is 19.0. The Morgan fingerprint density at radius 2 is 1.91 bits per heavy atom. The predicted molar refractivity (Wildman–Crippen MR) is 124 cm³/mol. The summed E-state index contributed by atoms with van der Waals surface area (Å²) in [7, 11) is 0. The summed E-state index contributed by atoms with van der Waals surface area (Å²) in [5.41, 5.74) is 1.98. The van der Waals surface area contributed by atoms with Crippen molar-refractivity contribution in [3.8, 4) is 0 Å². The molecule has 1 N–H and O–H groups in total. The van der Waals surface area contributed by atoms with E-state index in [9.17, 15) is 14.4 Å². The monoisotopic (exact) mass is 448 g/mol. The SMILES string of the molecule is O=C1NC(CC(=O)N2CCCC3=CC4CC(CN5CCCC[C@H]45)[C@@H]32)C(=O)N1c1ccccc1. The van der Waals surface area contributed by atoms with Gasteiger partial charge in [0.1, 0.15) is 6.04 Å². The molecule has 6 rings (SSSR count). The summed E-state index contributed by atoms with van der Waals surface area (Å²) in [5.74, 6) is 0.743. The number of hydrogen-bond donors (Lipinski definition) is 1. The molecule has 4 amide bonds.